The van der Waals surface area contributed by atoms with Crippen LogP contribution in [0.3, 0.4) is 0 Å². The van der Waals surface area contributed by atoms with Crippen LogP contribution in [0.4, 0.5) is 0 Å². The molecule has 0 aliphatic heterocycles. The van der Waals surface area contributed by atoms with Crippen LogP contribution in [-0.4, -0.2) is 23.2 Å². The van der Waals surface area contributed by atoms with Gasteiger partial charge >= 0.3 is 5.97 Å². The van der Waals surface area contributed by atoms with E-state index in [1.807, 2.05) is 12.3 Å². The van der Waals surface area contributed by atoms with Gasteiger partial charge in [0.05, 0.1) is 17.8 Å². The molecular formula is C14H15NO4S. The Morgan fingerprint density at radius 1 is 1.45 bits per heavy atom. The lowest BCUT2D eigenvalue weighted by atomic mass is 10.2. The second-order valence-corrected chi connectivity index (χ2v) is 4.98. The van der Waals surface area contributed by atoms with Crippen LogP contribution in [0.25, 0.3) is 0 Å². The van der Waals surface area contributed by atoms with E-state index in [1.165, 1.54) is 13.2 Å². The highest BCUT2D eigenvalue weighted by molar-refractivity contribution is 7.09. The third kappa shape index (κ3) is 3.27. The van der Waals surface area contributed by atoms with E-state index in [4.69, 9.17) is 14.6 Å². The highest BCUT2D eigenvalue weighted by Gasteiger charge is 2.13. The molecule has 1 aromatic carbocycles. The number of aryl methyl sites for hydroxylation is 1. The zero-order valence-electron chi connectivity index (χ0n) is 11.3. The first-order valence-corrected chi connectivity index (χ1v) is 6.99. The molecule has 5 nitrogen and oxygen atoms in total. The summed E-state index contributed by atoms with van der Waals surface area (Å²) in [6.45, 7) is 2.28. The summed E-state index contributed by atoms with van der Waals surface area (Å²) in [4.78, 5) is 15.5. The Labute approximate surface area is 120 Å². The zero-order chi connectivity index (χ0) is 14.5. The predicted octanol–water partition coefficient (Wildman–Crippen LogP) is 2.99. The molecular weight excluding hydrogens is 278 g/mol. The van der Waals surface area contributed by atoms with Gasteiger partial charge in [0.15, 0.2) is 0 Å². The molecule has 1 aromatic heterocycles. The Morgan fingerprint density at radius 2 is 2.25 bits per heavy atom. The van der Waals surface area contributed by atoms with E-state index in [1.54, 1.807) is 23.5 Å². The van der Waals surface area contributed by atoms with E-state index in [-0.39, 0.29) is 17.9 Å². The average Bonchev–Trinajstić information content (AvgIpc) is 2.92. The van der Waals surface area contributed by atoms with E-state index in [0.717, 1.165) is 17.1 Å². The number of aromatic carboxylic acids is 1. The van der Waals surface area contributed by atoms with Gasteiger partial charge < -0.3 is 14.6 Å². The molecule has 0 bridgehead atoms. The lowest BCUT2D eigenvalue weighted by molar-refractivity contribution is 0.0691. The van der Waals surface area contributed by atoms with Crippen LogP contribution in [0.1, 0.15) is 28.0 Å². The lowest BCUT2D eigenvalue weighted by Crippen LogP contribution is -2.04. The van der Waals surface area contributed by atoms with E-state index < -0.39 is 5.97 Å². The number of rotatable bonds is 6. The smallest absolute Gasteiger partial charge is 0.339 e. The molecule has 0 radical (unpaired) electrons. The molecule has 0 atom stereocenters. The fourth-order valence-electron chi connectivity index (χ4n) is 1.66. The predicted molar refractivity (Wildman–Crippen MR) is 75.8 cm³/mol. The van der Waals surface area contributed by atoms with Crippen molar-refractivity contribution in [2.24, 2.45) is 0 Å². The van der Waals surface area contributed by atoms with Gasteiger partial charge in [-0.2, -0.15) is 0 Å². The number of thiazole rings is 1. The number of carboxylic acids is 1. The summed E-state index contributed by atoms with van der Waals surface area (Å²) in [5, 5.41) is 12.1. The highest BCUT2D eigenvalue weighted by atomic mass is 32.1. The molecule has 0 aliphatic rings. The number of carbonyl (C=O) groups is 1. The number of methoxy groups -OCH3 is 1. The van der Waals surface area contributed by atoms with Gasteiger partial charge in [-0.05, 0) is 18.6 Å². The standard InChI is InChI=1S/C14H15NO4S/c1-3-13-15-9(8-20-13)7-19-12-6-10(18-2)4-5-11(12)14(16)17/h4-6,8H,3,7H2,1-2H3,(H,16,17). The first kappa shape index (κ1) is 14.3. The van der Waals surface area contributed by atoms with Crippen LogP contribution in [0.15, 0.2) is 23.6 Å². The Bertz CT molecular complexity index is 609. The van der Waals surface area contributed by atoms with Crippen LogP contribution >= 0.6 is 11.3 Å². The van der Waals surface area contributed by atoms with Crippen molar-refractivity contribution in [3.05, 3.63) is 39.8 Å². The molecule has 6 heteroatoms. The molecule has 0 spiro atoms. The minimum Gasteiger partial charge on any atom is -0.497 e. The van der Waals surface area contributed by atoms with Crippen molar-refractivity contribution in [2.75, 3.05) is 7.11 Å². The molecule has 0 saturated carbocycles. The van der Waals surface area contributed by atoms with Gasteiger partial charge in [-0.25, -0.2) is 9.78 Å². The van der Waals surface area contributed by atoms with E-state index in [0.29, 0.717) is 5.75 Å². The highest BCUT2D eigenvalue weighted by Crippen LogP contribution is 2.26. The summed E-state index contributed by atoms with van der Waals surface area (Å²) in [6, 6.07) is 4.62. The van der Waals surface area contributed by atoms with E-state index in [9.17, 15) is 4.79 Å². The Balaban J connectivity index is 2.16. The van der Waals surface area contributed by atoms with Crippen molar-refractivity contribution in [1.82, 2.24) is 4.98 Å². The molecule has 1 heterocycles. The Kier molecular flexibility index (Phi) is 4.57. The van der Waals surface area contributed by atoms with Crippen molar-refractivity contribution < 1.29 is 19.4 Å². The molecule has 1 N–H and O–H groups in total. The van der Waals surface area contributed by atoms with Gasteiger partial charge in [0.2, 0.25) is 0 Å². The molecule has 106 valence electrons. The Hall–Kier alpha value is -2.08. The summed E-state index contributed by atoms with van der Waals surface area (Å²) >= 11 is 1.57. The minimum atomic E-state index is -1.03. The maximum absolute atomic E-state index is 11.1. The molecule has 0 saturated heterocycles. The third-order valence-corrected chi connectivity index (χ3v) is 3.74. The van der Waals surface area contributed by atoms with Crippen LogP contribution < -0.4 is 9.47 Å². The summed E-state index contributed by atoms with van der Waals surface area (Å²) < 4.78 is 10.6. The van der Waals surface area contributed by atoms with E-state index in [2.05, 4.69) is 4.98 Å². The quantitative estimate of drug-likeness (QED) is 0.886. The van der Waals surface area contributed by atoms with Crippen molar-refractivity contribution >= 4 is 17.3 Å². The van der Waals surface area contributed by atoms with E-state index >= 15 is 0 Å². The molecule has 0 aliphatic carbocycles. The summed E-state index contributed by atoms with van der Waals surface area (Å²) in [6.07, 6.45) is 0.879. The molecule has 0 fully saturated rings. The number of ether oxygens (including phenoxy) is 2. The summed E-state index contributed by atoms with van der Waals surface area (Å²) in [5.41, 5.74) is 0.905. The molecule has 0 unspecified atom stereocenters. The van der Waals surface area contributed by atoms with Gasteiger partial charge in [-0.15, -0.1) is 11.3 Å². The number of hydrogen-bond donors (Lipinski definition) is 1. The van der Waals surface area contributed by atoms with Gasteiger partial charge in [0.1, 0.15) is 23.7 Å². The SMILES string of the molecule is CCc1nc(COc2cc(OC)ccc2C(=O)O)cs1. The molecule has 2 rings (SSSR count). The maximum atomic E-state index is 11.1. The van der Waals surface area contributed by atoms with Gasteiger partial charge in [0.25, 0.3) is 0 Å². The monoisotopic (exact) mass is 293 g/mol. The molecule has 0 amide bonds. The largest absolute Gasteiger partial charge is 0.497 e. The second-order valence-electron chi connectivity index (χ2n) is 4.04. The minimum absolute atomic E-state index is 0.108. The lowest BCUT2D eigenvalue weighted by Gasteiger charge is -2.09. The number of carboxylic acid groups (broad SMARTS) is 1. The van der Waals surface area contributed by atoms with Crippen LogP contribution in [0, 0.1) is 0 Å². The molecule has 20 heavy (non-hydrogen) atoms. The topological polar surface area (TPSA) is 68.7 Å². The van der Waals surface area contributed by atoms with Gasteiger partial charge in [-0.1, -0.05) is 6.92 Å². The number of hydrogen-bond acceptors (Lipinski definition) is 5. The fourth-order valence-corrected chi connectivity index (χ4v) is 2.38. The van der Waals surface area contributed by atoms with Crippen LogP contribution in [-0.2, 0) is 13.0 Å². The van der Waals surface area contributed by atoms with Crippen LogP contribution in [0.5, 0.6) is 11.5 Å². The van der Waals surface area contributed by atoms with Crippen molar-refractivity contribution in [3.63, 3.8) is 0 Å². The van der Waals surface area contributed by atoms with Crippen molar-refractivity contribution in [2.45, 2.75) is 20.0 Å². The van der Waals surface area contributed by atoms with Gasteiger partial charge in [0, 0.05) is 11.4 Å². The van der Waals surface area contributed by atoms with Crippen LogP contribution in [0.2, 0.25) is 0 Å². The second kappa shape index (κ2) is 6.38. The summed E-state index contributed by atoms with van der Waals surface area (Å²) in [7, 11) is 1.52. The third-order valence-electron chi connectivity index (χ3n) is 2.70. The van der Waals surface area contributed by atoms with Crippen molar-refractivity contribution in [1.29, 1.82) is 0 Å². The number of benzene rings is 1. The average molecular weight is 293 g/mol. The van der Waals surface area contributed by atoms with Gasteiger partial charge in [-0.3, -0.25) is 0 Å². The summed E-state index contributed by atoms with van der Waals surface area (Å²) in [5.74, 6) is -0.199. The number of nitrogens with zero attached hydrogens (tertiary/aromatic N) is 1. The Morgan fingerprint density at radius 3 is 2.85 bits per heavy atom. The molecule has 2 aromatic rings. The zero-order valence-corrected chi connectivity index (χ0v) is 12.1. The number of aromatic nitrogens is 1. The first-order chi connectivity index (χ1) is 9.63. The maximum Gasteiger partial charge on any atom is 0.339 e. The first-order valence-electron chi connectivity index (χ1n) is 6.11. The fraction of sp³-hybridized carbons (Fsp3) is 0.286. The van der Waals surface area contributed by atoms with Crippen molar-refractivity contribution in [3.8, 4) is 11.5 Å². The normalized spacial score (nSPS) is 10.3.